The largest absolute Gasteiger partial charge is 0.492 e. The molecule has 180 valence electrons. The van der Waals surface area contributed by atoms with Crippen LogP contribution in [0.25, 0.3) is 11.0 Å². The van der Waals surface area contributed by atoms with Crippen LogP contribution in [0, 0.1) is 5.41 Å². The molecule has 10 heteroatoms. The number of rotatable bonds is 5. The number of anilines is 2. The third-order valence-electron chi connectivity index (χ3n) is 6.45. The molecular weight excluding hydrogens is 487 g/mol. The van der Waals surface area contributed by atoms with Gasteiger partial charge in [0.1, 0.15) is 16.0 Å². The summed E-state index contributed by atoms with van der Waals surface area (Å²) >= 11 is 12.5. The zero-order valence-corrected chi connectivity index (χ0v) is 20.8. The molecular formula is C25H24Cl2N6O2. The Bertz CT molecular complexity index is 1460. The number of aromatic nitrogens is 4. The molecule has 0 fully saturated rings. The summed E-state index contributed by atoms with van der Waals surface area (Å²) in [5, 5.41) is 19.8. The highest BCUT2D eigenvalue weighted by atomic mass is 35.5. The lowest BCUT2D eigenvalue weighted by Gasteiger charge is -2.32. The zero-order chi connectivity index (χ0) is 24.9. The molecule has 0 atom stereocenters. The number of nitrogens with zero attached hydrogens (tertiary/aromatic N) is 4. The van der Waals surface area contributed by atoms with Crippen molar-refractivity contribution in [3.05, 3.63) is 69.0 Å². The Hall–Kier alpha value is -3.36. The number of aromatic hydroxyl groups is 1. The van der Waals surface area contributed by atoms with Crippen LogP contribution >= 0.6 is 23.2 Å². The Balaban J connectivity index is 1.64. The molecule has 8 nitrogen and oxygen atoms in total. The number of nitrogens with two attached hydrogens (primary N) is 1. The van der Waals surface area contributed by atoms with Crippen LogP contribution in [0.4, 0.5) is 11.5 Å². The summed E-state index contributed by atoms with van der Waals surface area (Å²) in [5.41, 5.74) is 9.94. The predicted octanol–water partition coefficient (Wildman–Crippen LogP) is 5.24. The molecule has 0 bridgehead atoms. The van der Waals surface area contributed by atoms with Crippen molar-refractivity contribution < 1.29 is 9.90 Å². The lowest BCUT2D eigenvalue weighted by molar-refractivity contribution is 0.100. The summed E-state index contributed by atoms with van der Waals surface area (Å²) in [6, 6.07) is 8.70. The van der Waals surface area contributed by atoms with Crippen LogP contribution in [0.2, 0.25) is 10.2 Å². The molecule has 1 aliphatic rings. The second-order valence-corrected chi connectivity index (χ2v) is 10.3. The second-order valence-electron chi connectivity index (χ2n) is 9.59. The van der Waals surface area contributed by atoms with E-state index in [0.717, 1.165) is 36.0 Å². The number of fused-ring (bicyclic) bond motifs is 3. The number of amides is 1. The number of benzene rings is 1. The first-order valence-electron chi connectivity index (χ1n) is 11.2. The van der Waals surface area contributed by atoms with Crippen molar-refractivity contribution >= 4 is 51.6 Å². The van der Waals surface area contributed by atoms with E-state index in [0.29, 0.717) is 39.7 Å². The number of hydrogen-bond acceptors (Lipinski definition) is 6. The highest BCUT2D eigenvalue weighted by Crippen LogP contribution is 2.44. The summed E-state index contributed by atoms with van der Waals surface area (Å²) in [4.78, 5) is 20.3. The van der Waals surface area contributed by atoms with E-state index in [1.54, 1.807) is 29.1 Å². The van der Waals surface area contributed by atoms with Gasteiger partial charge in [-0.2, -0.15) is 0 Å². The van der Waals surface area contributed by atoms with Gasteiger partial charge in [0.2, 0.25) is 11.8 Å². The zero-order valence-electron chi connectivity index (χ0n) is 19.3. The fraction of sp³-hybridized carbons (Fsp3) is 0.280. The van der Waals surface area contributed by atoms with E-state index >= 15 is 0 Å². The van der Waals surface area contributed by atoms with Gasteiger partial charge < -0.3 is 16.2 Å². The Morgan fingerprint density at radius 2 is 1.94 bits per heavy atom. The minimum Gasteiger partial charge on any atom is -0.492 e. The molecule has 0 saturated heterocycles. The molecule has 1 aliphatic carbocycles. The van der Waals surface area contributed by atoms with E-state index < -0.39 is 5.91 Å². The minimum absolute atomic E-state index is 0.0493. The van der Waals surface area contributed by atoms with Crippen molar-refractivity contribution in [1.82, 2.24) is 19.7 Å². The van der Waals surface area contributed by atoms with Crippen molar-refractivity contribution in [2.45, 2.75) is 39.7 Å². The molecule has 0 radical (unpaired) electrons. The number of primary amides is 1. The van der Waals surface area contributed by atoms with Crippen molar-refractivity contribution in [3.63, 3.8) is 0 Å². The third-order valence-corrected chi connectivity index (χ3v) is 7.22. The average molecular weight is 511 g/mol. The van der Waals surface area contributed by atoms with Crippen molar-refractivity contribution in [2.24, 2.45) is 11.1 Å². The summed E-state index contributed by atoms with van der Waals surface area (Å²) in [5.74, 6) is 0.115. The van der Waals surface area contributed by atoms with E-state index in [1.807, 2.05) is 12.1 Å². The first kappa shape index (κ1) is 23.4. The van der Waals surface area contributed by atoms with Crippen LogP contribution in [0.15, 0.2) is 36.5 Å². The third kappa shape index (κ3) is 4.39. The normalized spacial score (nSPS) is 14.6. The van der Waals surface area contributed by atoms with Gasteiger partial charge in [0.05, 0.1) is 17.6 Å². The van der Waals surface area contributed by atoms with E-state index in [4.69, 9.17) is 33.9 Å². The van der Waals surface area contributed by atoms with Crippen molar-refractivity contribution in [2.75, 3.05) is 5.32 Å². The van der Waals surface area contributed by atoms with Crippen LogP contribution < -0.4 is 11.1 Å². The van der Waals surface area contributed by atoms with Gasteiger partial charge in [-0.05, 0) is 59.6 Å². The molecule has 0 unspecified atom stereocenters. The Morgan fingerprint density at radius 1 is 1.20 bits per heavy atom. The van der Waals surface area contributed by atoms with Crippen LogP contribution in [0.1, 0.15) is 47.3 Å². The molecule has 0 saturated carbocycles. The summed E-state index contributed by atoms with van der Waals surface area (Å²) in [6.07, 6.45) is 4.13. The lowest BCUT2D eigenvalue weighted by atomic mass is 9.74. The molecule has 3 aromatic heterocycles. The Kier molecular flexibility index (Phi) is 5.81. The van der Waals surface area contributed by atoms with Crippen LogP contribution in [0.5, 0.6) is 5.88 Å². The maximum Gasteiger partial charge on any atom is 0.248 e. The predicted molar refractivity (Wildman–Crippen MR) is 137 cm³/mol. The Morgan fingerprint density at radius 3 is 2.66 bits per heavy atom. The fourth-order valence-corrected chi connectivity index (χ4v) is 4.91. The SMILES string of the molecule is CC1(C)CCc2c(Nc3ccnc(Cl)c3Cl)nc3c(c(O)nn3Cc3ccc(C(N)=O)cc3)c2C1. The van der Waals surface area contributed by atoms with Crippen LogP contribution in [0.3, 0.4) is 0 Å². The van der Waals surface area contributed by atoms with E-state index in [9.17, 15) is 9.90 Å². The highest BCUT2D eigenvalue weighted by molar-refractivity contribution is 6.43. The number of halogens is 2. The van der Waals surface area contributed by atoms with Crippen LogP contribution in [-0.4, -0.2) is 30.8 Å². The topological polar surface area (TPSA) is 119 Å². The monoisotopic (exact) mass is 510 g/mol. The Labute approximate surface area is 212 Å². The van der Waals surface area contributed by atoms with Gasteiger partial charge in [-0.3, -0.25) is 4.79 Å². The van der Waals surface area contributed by atoms with E-state index in [2.05, 4.69) is 29.2 Å². The smallest absolute Gasteiger partial charge is 0.248 e. The molecule has 35 heavy (non-hydrogen) atoms. The average Bonchev–Trinajstić information content (AvgIpc) is 3.11. The molecule has 4 N–H and O–H groups in total. The molecule has 0 aliphatic heterocycles. The van der Waals surface area contributed by atoms with E-state index in [1.165, 1.54) is 0 Å². The van der Waals surface area contributed by atoms with Gasteiger partial charge in [0.15, 0.2) is 5.65 Å². The molecule has 0 spiro atoms. The minimum atomic E-state index is -0.486. The van der Waals surface area contributed by atoms with Crippen molar-refractivity contribution in [3.8, 4) is 5.88 Å². The quantitative estimate of drug-likeness (QED) is 0.315. The maximum absolute atomic E-state index is 11.4. The summed E-state index contributed by atoms with van der Waals surface area (Å²) in [7, 11) is 0. The van der Waals surface area contributed by atoms with Gasteiger partial charge in [-0.25, -0.2) is 14.6 Å². The fourth-order valence-electron chi connectivity index (χ4n) is 4.59. The van der Waals surface area contributed by atoms with Gasteiger partial charge in [0.25, 0.3) is 0 Å². The first-order valence-corrected chi connectivity index (χ1v) is 12.0. The summed E-state index contributed by atoms with van der Waals surface area (Å²) < 4.78 is 1.66. The van der Waals surface area contributed by atoms with Gasteiger partial charge >= 0.3 is 0 Å². The highest BCUT2D eigenvalue weighted by Gasteiger charge is 2.32. The number of carbonyl (C=O) groups excluding carboxylic acids is 1. The molecule has 3 heterocycles. The molecule has 1 aromatic carbocycles. The maximum atomic E-state index is 11.4. The van der Waals surface area contributed by atoms with E-state index in [-0.39, 0.29) is 16.4 Å². The first-order chi connectivity index (χ1) is 16.6. The summed E-state index contributed by atoms with van der Waals surface area (Å²) in [6.45, 7) is 4.79. The second kappa shape index (κ2) is 8.70. The molecule has 4 aromatic rings. The van der Waals surface area contributed by atoms with Gasteiger partial charge in [-0.15, -0.1) is 5.10 Å². The van der Waals surface area contributed by atoms with Crippen LogP contribution in [-0.2, 0) is 19.4 Å². The van der Waals surface area contributed by atoms with Gasteiger partial charge in [0, 0.05) is 11.8 Å². The molecule has 1 amide bonds. The van der Waals surface area contributed by atoms with Crippen molar-refractivity contribution in [1.29, 1.82) is 0 Å². The number of hydrogen-bond donors (Lipinski definition) is 3. The number of pyridine rings is 2. The lowest BCUT2D eigenvalue weighted by Crippen LogP contribution is -2.23. The number of nitrogens with one attached hydrogen (secondary N) is 1. The molecule has 5 rings (SSSR count). The number of carbonyl (C=O) groups is 1. The standard InChI is InChI=1S/C25H24Cl2N6O2/c1-25(2)9-7-15-16(11-25)18-23(31-22(15)30-17-8-10-29-20(27)19(17)26)33(32-24(18)35)12-13-3-5-14(6-4-13)21(28)34/h3-6,8,10H,7,9,11-12H2,1-2H3,(H2,28,34)(H,32,35)(H,29,30,31). The van der Waals surface area contributed by atoms with Gasteiger partial charge in [-0.1, -0.05) is 49.2 Å².